The normalized spacial score (nSPS) is 13.6. The molecule has 2 rings (SSSR count). The zero-order valence-electron chi connectivity index (χ0n) is 15.7. The Kier molecular flexibility index (Phi) is 6.64. The molecule has 2 aromatic rings. The van der Waals surface area contributed by atoms with Crippen LogP contribution < -0.4 is 10.1 Å². The van der Waals surface area contributed by atoms with Gasteiger partial charge in [0.2, 0.25) is 0 Å². The van der Waals surface area contributed by atoms with Gasteiger partial charge in [-0.25, -0.2) is 4.79 Å². The van der Waals surface area contributed by atoms with Gasteiger partial charge in [0.15, 0.2) is 0 Å². The number of amides is 1. The third-order valence-electron chi connectivity index (χ3n) is 3.64. The molecule has 0 spiro atoms. The molecule has 0 radical (unpaired) electrons. The van der Waals surface area contributed by atoms with E-state index in [1.54, 1.807) is 27.7 Å². The van der Waals surface area contributed by atoms with Gasteiger partial charge in [0.1, 0.15) is 18.0 Å². The van der Waals surface area contributed by atoms with E-state index in [0.717, 1.165) is 16.9 Å². The monoisotopic (exact) mass is 357 g/mol. The van der Waals surface area contributed by atoms with Gasteiger partial charge in [0.05, 0.1) is 12.1 Å². The SMILES string of the molecule is CC(O)[C@H](NC(=O)OC(C)(C)C)c1ccc(OCc2ccccc2)cc1. The van der Waals surface area contributed by atoms with Crippen LogP contribution in [0.5, 0.6) is 5.75 Å². The lowest BCUT2D eigenvalue weighted by Gasteiger charge is -2.25. The minimum absolute atomic E-state index is 0.482. The number of nitrogens with one attached hydrogen (secondary N) is 1. The summed E-state index contributed by atoms with van der Waals surface area (Å²) in [5, 5.41) is 12.7. The molecule has 26 heavy (non-hydrogen) atoms. The Hall–Kier alpha value is -2.53. The number of benzene rings is 2. The Balaban J connectivity index is 2.00. The second kappa shape index (κ2) is 8.72. The summed E-state index contributed by atoms with van der Waals surface area (Å²) in [4.78, 5) is 12.0. The molecule has 0 saturated carbocycles. The van der Waals surface area contributed by atoms with Gasteiger partial charge in [-0.15, -0.1) is 0 Å². The number of carbonyl (C=O) groups is 1. The van der Waals surface area contributed by atoms with Crippen LogP contribution in [0.25, 0.3) is 0 Å². The molecule has 0 saturated heterocycles. The number of carbonyl (C=O) groups excluding carboxylic acids is 1. The molecule has 0 aromatic heterocycles. The summed E-state index contributed by atoms with van der Waals surface area (Å²) >= 11 is 0. The fourth-order valence-corrected chi connectivity index (χ4v) is 2.43. The first-order valence-electron chi connectivity index (χ1n) is 8.69. The lowest BCUT2D eigenvalue weighted by atomic mass is 10.0. The van der Waals surface area contributed by atoms with Gasteiger partial charge in [0.25, 0.3) is 0 Å². The summed E-state index contributed by atoms with van der Waals surface area (Å²) in [6.07, 6.45) is -1.33. The van der Waals surface area contributed by atoms with Crippen LogP contribution in [0.4, 0.5) is 4.79 Å². The summed E-state index contributed by atoms with van der Waals surface area (Å²) in [6.45, 7) is 7.49. The highest BCUT2D eigenvalue weighted by molar-refractivity contribution is 5.68. The molecular formula is C21H27NO4. The molecular weight excluding hydrogens is 330 g/mol. The van der Waals surface area contributed by atoms with E-state index >= 15 is 0 Å². The molecule has 2 atom stereocenters. The van der Waals surface area contributed by atoms with Crippen molar-refractivity contribution in [2.75, 3.05) is 0 Å². The molecule has 5 nitrogen and oxygen atoms in total. The van der Waals surface area contributed by atoms with E-state index in [0.29, 0.717) is 6.61 Å². The molecule has 0 aliphatic carbocycles. The summed E-state index contributed by atoms with van der Waals surface area (Å²) in [5.41, 5.74) is 1.27. The molecule has 0 bridgehead atoms. The summed E-state index contributed by atoms with van der Waals surface area (Å²) in [6, 6.07) is 16.7. The van der Waals surface area contributed by atoms with Crippen molar-refractivity contribution in [1.29, 1.82) is 0 Å². The van der Waals surface area contributed by atoms with Crippen LogP contribution in [0.1, 0.15) is 44.9 Å². The van der Waals surface area contributed by atoms with Crippen molar-refractivity contribution < 1.29 is 19.4 Å². The average Bonchev–Trinajstić information content (AvgIpc) is 2.57. The number of rotatable bonds is 6. The average molecular weight is 357 g/mol. The Morgan fingerprint density at radius 3 is 2.23 bits per heavy atom. The van der Waals surface area contributed by atoms with Gasteiger partial charge in [-0.3, -0.25) is 0 Å². The van der Waals surface area contributed by atoms with Gasteiger partial charge in [-0.1, -0.05) is 42.5 Å². The van der Waals surface area contributed by atoms with Gasteiger partial charge < -0.3 is 19.9 Å². The van der Waals surface area contributed by atoms with E-state index in [-0.39, 0.29) is 0 Å². The first kappa shape index (κ1) is 19.8. The molecule has 1 amide bonds. The summed E-state index contributed by atoms with van der Waals surface area (Å²) < 4.78 is 11.0. The molecule has 0 heterocycles. The topological polar surface area (TPSA) is 67.8 Å². The molecule has 2 aromatic carbocycles. The van der Waals surface area contributed by atoms with Gasteiger partial charge >= 0.3 is 6.09 Å². The second-order valence-corrected chi connectivity index (χ2v) is 7.21. The number of aliphatic hydroxyl groups excluding tert-OH is 1. The molecule has 0 fully saturated rings. The molecule has 2 N–H and O–H groups in total. The first-order chi connectivity index (χ1) is 12.2. The third kappa shape index (κ3) is 6.41. The Morgan fingerprint density at radius 2 is 1.69 bits per heavy atom. The van der Waals surface area contributed by atoms with E-state index in [4.69, 9.17) is 9.47 Å². The quantitative estimate of drug-likeness (QED) is 0.812. The molecule has 140 valence electrons. The maximum absolute atomic E-state index is 12.0. The zero-order valence-corrected chi connectivity index (χ0v) is 15.7. The lowest BCUT2D eigenvalue weighted by Crippen LogP contribution is -2.38. The Morgan fingerprint density at radius 1 is 1.08 bits per heavy atom. The zero-order chi connectivity index (χ0) is 19.2. The van der Waals surface area contributed by atoms with E-state index in [1.807, 2.05) is 54.6 Å². The maximum Gasteiger partial charge on any atom is 0.408 e. The van der Waals surface area contributed by atoms with Crippen molar-refractivity contribution in [1.82, 2.24) is 5.32 Å². The molecule has 0 aliphatic rings. The summed E-state index contributed by atoms with van der Waals surface area (Å²) in [7, 11) is 0. The Labute approximate surface area is 155 Å². The third-order valence-corrected chi connectivity index (χ3v) is 3.64. The van der Waals surface area contributed by atoms with Crippen molar-refractivity contribution >= 4 is 6.09 Å². The number of hydrogen-bond acceptors (Lipinski definition) is 4. The van der Waals surface area contributed by atoms with E-state index in [2.05, 4.69) is 5.32 Å². The van der Waals surface area contributed by atoms with E-state index in [1.165, 1.54) is 0 Å². The van der Waals surface area contributed by atoms with Crippen molar-refractivity contribution in [3.63, 3.8) is 0 Å². The smallest absolute Gasteiger partial charge is 0.408 e. The number of hydrogen-bond donors (Lipinski definition) is 2. The lowest BCUT2D eigenvalue weighted by molar-refractivity contribution is 0.0436. The van der Waals surface area contributed by atoms with Gasteiger partial charge in [-0.2, -0.15) is 0 Å². The number of alkyl carbamates (subject to hydrolysis) is 1. The fourth-order valence-electron chi connectivity index (χ4n) is 2.43. The minimum atomic E-state index is -0.765. The van der Waals surface area contributed by atoms with Crippen molar-refractivity contribution in [3.8, 4) is 5.75 Å². The predicted molar refractivity (Wildman–Crippen MR) is 101 cm³/mol. The van der Waals surface area contributed by atoms with Gasteiger partial charge in [-0.05, 0) is 51.0 Å². The van der Waals surface area contributed by atoms with Gasteiger partial charge in [0, 0.05) is 0 Å². The highest BCUT2D eigenvalue weighted by Crippen LogP contribution is 2.22. The minimum Gasteiger partial charge on any atom is -0.489 e. The van der Waals surface area contributed by atoms with Crippen LogP contribution in [0.3, 0.4) is 0 Å². The number of aliphatic hydroxyl groups is 1. The largest absolute Gasteiger partial charge is 0.489 e. The van der Waals surface area contributed by atoms with Crippen LogP contribution >= 0.6 is 0 Å². The highest BCUT2D eigenvalue weighted by Gasteiger charge is 2.23. The first-order valence-corrected chi connectivity index (χ1v) is 8.69. The van der Waals surface area contributed by atoms with E-state index < -0.39 is 23.8 Å². The molecule has 5 heteroatoms. The van der Waals surface area contributed by atoms with Crippen LogP contribution in [-0.4, -0.2) is 22.9 Å². The highest BCUT2D eigenvalue weighted by atomic mass is 16.6. The van der Waals surface area contributed by atoms with Crippen LogP contribution in [0.15, 0.2) is 54.6 Å². The van der Waals surface area contributed by atoms with E-state index in [9.17, 15) is 9.90 Å². The van der Waals surface area contributed by atoms with Crippen LogP contribution in [0, 0.1) is 0 Å². The van der Waals surface area contributed by atoms with Crippen molar-refractivity contribution in [2.24, 2.45) is 0 Å². The van der Waals surface area contributed by atoms with Crippen molar-refractivity contribution in [3.05, 3.63) is 65.7 Å². The summed E-state index contributed by atoms with van der Waals surface area (Å²) in [5.74, 6) is 0.721. The second-order valence-electron chi connectivity index (χ2n) is 7.21. The fraction of sp³-hybridized carbons (Fsp3) is 0.381. The molecule has 1 unspecified atom stereocenters. The van der Waals surface area contributed by atoms with Crippen LogP contribution in [-0.2, 0) is 11.3 Å². The van der Waals surface area contributed by atoms with Crippen LogP contribution in [0.2, 0.25) is 0 Å². The molecule has 0 aliphatic heterocycles. The van der Waals surface area contributed by atoms with Crippen molar-refractivity contribution in [2.45, 2.75) is 52.0 Å². The maximum atomic E-state index is 12.0. The standard InChI is InChI=1S/C21H27NO4/c1-15(23)19(22-20(24)26-21(2,3)4)17-10-12-18(13-11-17)25-14-16-8-6-5-7-9-16/h5-13,15,19,23H,14H2,1-4H3,(H,22,24)/t15?,19-/m0/s1. The Bertz CT molecular complexity index is 690. The predicted octanol–water partition coefficient (Wildman–Crippen LogP) is 4.21. The number of ether oxygens (including phenoxy) is 2.